The van der Waals surface area contributed by atoms with Crippen molar-refractivity contribution in [2.45, 2.75) is 26.2 Å². The molecular formula is C13H18N8O. The van der Waals surface area contributed by atoms with Crippen molar-refractivity contribution < 1.29 is 4.79 Å². The van der Waals surface area contributed by atoms with E-state index < -0.39 is 0 Å². The summed E-state index contributed by atoms with van der Waals surface area (Å²) in [6.45, 7) is 3.22. The Hall–Kier alpha value is -2.58. The van der Waals surface area contributed by atoms with E-state index >= 15 is 0 Å². The zero-order chi connectivity index (χ0) is 15.4. The minimum atomic E-state index is -0.129. The molecular weight excluding hydrogens is 284 g/mol. The standard InChI is InChI=1S/C13H18N8O/c1-9-14-5-4-11(15-9)16-13(22)21-6-2-3-10(8-21)7-12-17-19-20-18-12/h4-5,10H,2-3,6-8H2,1H3,(H,14,15,16,22)(H,17,18,19,20). The molecule has 9 heteroatoms. The lowest BCUT2D eigenvalue weighted by Gasteiger charge is -2.32. The maximum Gasteiger partial charge on any atom is 0.323 e. The third-order valence-corrected chi connectivity index (χ3v) is 3.68. The summed E-state index contributed by atoms with van der Waals surface area (Å²) in [5.74, 6) is 2.20. The predicted molar refractivity (Wildman–Crippen MR) is 78.0 cm³/mol. The number of anilines is 1. The van der Waals surface area contributed by atoms with Crippen LogP contribution in [0.1, 0.15) is 24.5 Å². The van der Waals surface area contributed by atoms with Crippen LogP contribution in [0.5, 0.6) is 0 Å². The highest BCUT2D eigenvalue weighted by Crippen LogP contribution is 2.20. The minimum Gasteiger partial charge on any atom is -0.324 e. The van der Waals surface area contributed by atoms with Crippen LogP contribution in [0.3, 0.4) is 0 Å². The summed E-state index contributed by atoms with van der Waals surface area (Å²) < 4.78 is 0. The van der Waals surface area contributed by atoms with Crippen LogP contribution in [0.2, 0.25) is 0 Å². The number of tetrazole rings is 1. The minimum absolute atomic E-state index is 0.129. The van der Waals surface area contributed by atoms with Crippen LogP contribution in [0.4, 0.5) is 10.6 Å². The van der Waals surface area contributed by atoms with E-state index in [4.69, 9.17) is 0 Å². The Morgan fingerprint density at radius 2 is 2.45 bits per heavy atom. The molecule has 0 radical (unpaired) electrons. The first-order valence-electron chi connectivity index (χ1n) is 7.28. The zero-order valence-corrected chi connectivity index (χ0v) is 12.4. The summed E-state index contributed by atoms with van der Waals surface area (Å²) in [5, 5.41) is 16.8. The molecule has 9 nitrogen and oxygen atoms in total. The first-order chi connectivity index (χ1) is 10.7. The molecule has 3 heterocycles. The van der Waals surface area contributed by atoms with Crippen molar-refractivity contribution >= 4 is 11.8 Å². The van der Waals surface area contributed by atoms with E-state index in [-0.39, 0.29) is 6.03 Å². The first kappa shape index (κ1) is 14.4. The van der Waals surface area contributed by atoms with Gasteiger partial charge in [0.25, 0.3) is 0 Å². The van der Waals surface area contributed by atoms with Crippen molar-refractivity contribution in [3.05, 3.63) is 23.9 Å². The van der Waals surface area contributed by atoms with Gasteiger partial charge in [-0.3, -0.25) is 5.32 Å². The summed E-state index contributed by atoms with van der Waals surface area (Å²) in [7, 11) is 0. The highest BCUT2D eigenvalue weighted by Gasteiger charge is 2.25. The number of urea groups is 1. The number of nitrogens with one attached hydrogen (secondary N) is 2. The molecule has 3 rings (SSSR count). The second-order valence-corrected chi connectivity index (χ2v) is 5.41. The smallest absolute Gasteiger partial charge is 0.323 e. The number of likely N-dealkylation sites (tertiary alicyclic amines) is 1. The van der Waals surface area contributed by atoms with Crippen molar-refractivity contribution in [2.75, 3.05) is 18.4 Å². The average Bonchev–Trinajstić information content (AvgIpc) is 3.00. The van der Waals surface area contributed by atoms with Gasteiger partial charge in [-0.25, -0.2) is 14.8 Å². The van der Waals surface area contributed by atoms with Gasteiger partial charge in [0.05, 0.1) is 0 Å². The number of nitrogens with zero attached hydrogens (tertiary/aromatic N) is 6. The van der Waals surface area contributed by atoms with Gasteiger partial charge in [-0.15, -0.1) is 10.2 Å². The molecule has 2 amide bonds. The third kappa shape index (κ3) is 3.54. The monoisotopic (exact) mass is 302 g/mol. The largest absolute Gasteiger partial charge is 0.324 e. The maximum atomic E-state index is 12.3. The molecule has 2 aromatic heterocycles. The van der Waals surface area contributed by atoms with E-state index in [0.29, 0.717) is 29.9 Å². The fourth-order valence-corrected chi connectivity index (χ4v) is 2.66. The summed E-state index contributed by atoms with van der Waals surface area (Å²) in [5.41, 5.74) is 0. The number of aromatic nitrogens is 6. The number of H-pyrrole nitrogens is 1. The van der Waals surface area contributed by atoms with E-state index in [9.17, 15) is 4.79 Å². The molecule has 0 saturated carbocycles. The molecule has 0 bridgehead atoms. The molecule has 2 aromatic rings. The quantitative estimate of drug-likeness (QED) is 0.866. The van der Waals surface area contributed by atoms with Crippen molar-refractivity contribution in [3.8, 4) is 0 Å². The zero-order valence-electron chi connectivity index (χ0n) is 12.4. The Balaban J connectivity index is 1.58. The lowest BCUT2D eigenvalue weighted by atomic mass is 9.95. The summed E-state index contributed by atoms with van der Waals surface area (Å²) in [6.07, 6.45) is 4.39. The third-order valence-electron chi connectivity index (χ3n) is 3.68. The van der Waals surface area contributed by atoms with Gasteiger partial charge in [-0.2, -0.15) is 5.21 Å². The second-order valence-electron chi connectivity index (χ2n) is 5.41. The fraction of sp³-hybridized carbons (Fsp3) is 0.538. The second kappa shape index (κ2) is 6.46. The number of amides is 2. The molecule has 1 fully saturated rings. The number of aryl methyl sites for hydroxylation is 1. The van der Waals surface area contributed by atoms with Crippen molar-refractivity contribution in [1.29, 1.82) is 0 Å². The van der Waals surface area contributed by atoms with Gasteiger partial charge in [0.2, 0.25) is 0 Å². The number of carbonyl (C=O) groups is 1. The Kier molecular flexibility index (Phi) is 4.22. The topological polar surface area (TPSA) is 113 Å². The van der Waals surface area contributed by atoms with Gasteiger partial charge in [-0.1, -0.05) is 5.21 Å². The van der Waals surface area contributed by atoms with E-state index in [0.717, 1.165) is 25.8 Å². The van der Waals surface area contributed by atoms with Crippen LogP contribution >= 0.6 is 0 Å². The number of aromatic amines is 1. The predicted octanol–water partition coefficient (Wildman–Crippen LogP) is 0.785. The lowest BCUT2D eigenvalue weighted by Crippen LogP contribution is -2.43. The maximum absolute atomic E-state index is 12.3. The van der Waals surface area contributed by atoms with Crippen LogP contribution in [0.25, 0.3) is 0 Å². The Morgan fingerprint density at radius 3 is 3.23 bits per heavy atom. The summed E-state index contributed by atoms with van der Waals surface area (Å²) >= 11 is 0. The lowest BCUT2D eigenvalue weighted by molar-refractivity contribution is 0.176. The number of hydrogen-bond donors (Lipinski definition) is 2. The molecule has 1 aliphatic heterocycles. The van der Waals surface area contributed by atoms with Gasteiger partial charge in [0, 0.05) is 25.7 Å². The highest BCUT2D eigenvalue weighted by atomic mass is 16.2. The molecule has 2 N–H and O–H groups in total. The van der Waals surface area contributed by atoms with E-state index in [1.54, 1.807) is 19.2 Å². The van der Waals surface area contributed by atoms with Gasteiger partial charge in [-0.05, 0) is 31.7 Å². The fourth-order valence-electron chi connectivity index (χ4n) is 2.66. The van der Waals surface area contributed by atoms with Crippen LogP contribution in [-0.4, -0.2) is 54.6 Å². The molecule has 1 saturated heterocycles. The van der Waals surface area contributed by atoms with Crippen molar-refractivity contribution in [3.63, 3.8) is 0 Å². The Labute approximate surface area is 127 Å². The molecule has 22 heavy (non-hydrogen) atoms. The average molecular weight is 302 g/mol. The SMILES string of the molecule is Cc1nccc(NC(=O)N2CCCC(Cc3nn[nH]n3)C2)n1. The number of rotatable bonds is 3. The van der Waals surface area contributed by atoms with Crippen molar-refractivity contribution in [2.24, 2.45) is 5.92 Å². The summed E-state index contributed by atoms with van der Waals surface area (Å²) in [6, 6.07) is 1.56. The molecule has 0 aliphatic carbocycles. The van der Waals surface area contributed by atoms with E-state index in [2.05, 4.69) is 35.9 Å². The van der Waals surface area contributed by atoms with Gasteiger partial charge >= 0.3 is 6.03 Å². The van der Waals surface area contributed by atoms with Crippen LogP contribution in [0.15, 0.2) is 12.3 Å². The number of carbonyl (C=O) groups excluding carboxylic acids is 1. The normalized spacial score (nSPS) is 18.2. The summed E-state index contributed by atoms with van der Waals surface area (Å²) in [4.78, 5) is 22.3. The van der Waals surface area contributed by atoms with Crippen LogP contribution in [-0.2, 0) is 6.42 Å². The van der Waals surface area contributed by atoms with Crippen LogP contribution < -0.4 is 5.32 Å². The van der Waals surface area contributed by atoms with Gasteiger partial charge < -0.3 is 4.90 Å². The first-order valence-corrected chi connectivity index (χ1v) is 7.28. The molecule has 0 spiro atoms. The molecule has 0 aromatic carbocycles. The van der Waals surface area contributed by atoms with Crippen molar-refractivity contribution in [1.82, 2.24) is 35.5 Å². The molecule has 116 valence electrons. The van der Waals surface area contributed by atoms with Gasteiger partial charge in [0.1, 0.15) is 11.6 Å². The molecule has 1 atom stereocenters. The van der Waals surface area contributed by atoms with E-state index in [1.807, 2.05) is 4.90 Å². The van der Waals surface area contributed by atoms with E-state index in [1.165, 1.54) is 0 Å². The Morgan fingerprint density at radius 1 is 1.55 bits per heavy atom. The highest BCUT2D eigenvalue weighted by molar-refractivity contribution is 5.88. The number of piperidine rings is 1. The number of hydrogen-bond acceptors (Lipinski definition) is 6. The van der Waals surface area contributed by atoms with Gasteiger partial charge in [0.15, 0.2) is 5.82 Å². The Bertz CT molecular complexity index is 629. The molecule has 1 unspecified atom stereocenters. The molecule has 1 aliphatic rings. The van der Waals surface area contributed by atoms with Crippen LogP contribution in [0, 0.1) is 12.8 Å².